The summed E-state index contributed by atoms with van der Waals surface area (Å²) in [6, 6.07) is 9.46. The van der Waals surface area contributed by atoms with Gasteiger partial charge in [-0.2, -0.15) is 0 Å². The number of aryl methyl sites for hydroxylation is 1. The molecule has 0 radical (unpaired) electrons. The van der Waals surface area contributed by atoms with Crippen molar-refractivity contribution in [3.05, 3.63) is 29.8 Å². The highest BCUT2D eigenvalue weighted by Gasteiger charge is 2.28. The quantitative estimate of drug-likeness (QED) is 0.871. The molecule has 1 aromatic carbocycles. The van der Waals surface area contributed by atoms with E-state index in [9.17, 15) is 0 Å². The molecule has 0 amide bonds. The summed E-state index contributed by atoms with van der Waals surface area (Å²) < 4.78 is 0. The van der Waals surface area contributed by atoms with E-state index in [1.165, 1.54) is 29.7 Å². The van der Waals surface area contributed by atoms with Crippen LogP contribution in [0.2, 0.25) is 0 Å². The highest BCUT2D eigenvalue weighted by Crippen LogP contribution is 2.37. The van der Waals surface area contributed by atoms with Crippen molar-refractivity contribution in [1.82, 2.24) is 5.32 Å². The molecule has 18 heavy (non-hydrogen) atoms. The third-order valence-corrected chi connectivity index (χ3v) is 5.43. The van der Waals surface area contributed by atoms with Gasteiger partial charge in [0.15, 0.2) is 0 Å². The Kier molecular flexibility index (Phi) is 5.13. The fourth-order valence-electron chi connectivity index (χ4n) is 2.81. The fraction of sp³-hybridized carbons (Fsp3) is 0.625. The molecule has 1 aliphatic carbocycles. The van der Waals surface area contributed by atoms with E-state index in [2.05, 4.69) is 62.1 Å². The number of benzene rings is 1. The molecular formula is C16H25NS. The molecular weight excluding hydrogens is 238 g/mol. The standard InChI is InChI=1S/C16H25NS/c1-4-17-14-10-9-12(2)11-16(14)18-15-8-6-5-7-13(15)3/h5-8,12,14,16-17H,4,9-11H2,1-3H3. The van der Waals surface area contributed by atoms with Crippen LogP contribution in [0.1, 0.15) is 38.7 Å². The lowest BCUT2D eigenvalue weighted by Crippen LogP contribution is -2.42. The van der Waals surface area contributed by atoms with Crippen molar-refractivity contribution in [1.29, 1.82) is 0 Å². The average molecular weight is 263 g/mol. The summed E-state index contributed by atoms with van der Waals surface area (Å²) in [5.74, 6) is 0.876. The van der Waals surface area contributed by atoms with Gasteiger partial charge in [0, 0.05) is 16.2 Å². The van der Waals surface area contributed by atoms with Crippen molar-refractivity contribution in [3.8, 4) is 0 Å². The molecule has 100 valence electrons. The summed E-state index contributed by atoms with van der Waals surface area (Å²) >= 11 is 2.08. The Morgan fingerprint density at radius 3 is 2.78 bits per heavy atom. The summed E-state index contributed by atoms with van der Waals surface area (Å²) in [6.07, 6.45) is 4.05. The summed E-state index contributed by atoms with van der Waals surface area (Å²) in [5, 5.41) is 4.41. The van der Waals surface area contributed by atoms with Gasteiger partial charge in [-0.25, -0.2) is 0 Å². The van der Waals surface area contributed by atoms with Gasteiger partial charge in [-0.05, 0) is 50.3 Å². The number of hydrogen-bond donors (Lipinski definition) is 1. The topological polar surface area (TPSA) is 12.0 Å². The molecule has 1 fully saturated rings. The molecule has 3 atom stereocenters. The number of hydrogen-bond acceptors (Lipinski definition) is 2. The molecule has 1 nitrogen and oxygen atoms in total. The van der Waals surface area contributed by atoms with Crippen molar-refractivity contribution >= 4 is 11.8 Å². The van der Waals surface area contributed by atoms with Crippen LogP contribution in [0.4, 0.5) is 0 Å². The monoisotopic (exact) mass is 263 g/mol. The number of rotatable bonds is 4. The SMILES string of the molecule is CCNC1CCC(C)CC1Sc1ccccc1C. The first-order valence-corrected chi connectivity index (χ1v) is 8.04. The van der Waals surface area contributed by atoms with Gasteiger partial charge < -0.3 is 5.32 Å². The van der Waals surface area contributed by atoms with E-state index in [0.29, 0.717) is 6.04 Å². The van der Waals surface area contributed by atoms with E-state index in [1.54, 1.807) is 0 Å². The minimum Gasteiger partial charge on any atom is -0.313 e. The normalized spacial score (nSPS) is 28.3. The van der Waals surface area contributed by atoms with Crippen LogP contribution in [0.5, 0.6) is 0 Å². The molecule has 0 spiro atoms. The molecule has 1 saturated carbocycles. The first-order chi connectivity index (χ1) is 8.70. The summed E-state index contributed by atoms with van der Waals surface area (Å²) in [4.78, 5) is 1.46. The van der Waals surface area contributed by atoms with E-state index in [4.69, 9.17) is 0 Å². The molecule has 0 aliphatic heterocycles. The van der Waals surface area contributed by atoms with Gasteiger partial charge in [0.2, 0.25) is 0 Å². The Morgan fingerprint density at radius 2 is 2.06 bits per heavy atom. The second kappa shape index (κ2) is 6.63. The second-order valence-electron chi connectivity index (χ2n) is 5.50. The molecule has 3 unspecified atom stereocenters. The lowest BCUT2D eigenvalue weighted by Gasteiger charge is -2.35. The third kappa shape index (κ3) is 3.52. The minimum absolute atomic E-state index is 0.691. The average Bonchev–Trinajstić information content (AvgIpc) is 2.36. The molecule has 0 heterocycles. The van der Waals surface area contributed by atoms with E-state index < -0.39 is 0 Å². The number of thioether (sulfide) groups is 1. The van der Waals surface area contributed by atoms with Crippen molar-refractivity contribution in [2.45, 2.75) is 56.2 Å². The Bertz CT molecular complexity index is 377. The van der Waals surface area contributed by atoms with Crippen molar-refractivity contribution < 1.29 is 0 Å². The van der Waals surface area contributed by atoms with Crippen LogP contribution in [0.3, 0.4) is 0 Å². The van der Waals surface area contributed by atoms with Gasteiger partial charge in [-0.3, -0.25) is 0 Å². The fourth-order valence-corrected chi connectivity index (χ4v) is 4.36. The van der Waals surface area contributed by atoms with Crippen LogP contribution < -0.4 is 5.32 Å². The van der Waals surface area contributed by atoms with Crippen LogP contribution in [0.15, 0.2) is 29.2 Å². The van der Waals surface area contributed by atoms with Gasteiger partial charge in [0.25, 0.3) is 0 Å². The Hall–Kier alpha value is -0.470. The molecule has 2 heteroatoms. The van der Waals surface area contributed by atoms with E-state index in [1.807, 2.05) is 0 Å². The van der Waals surface area contributed by atoms with Crippen LogP contribution in [-0.2, 0) is 0 Å². The van der Waals surface area contributed by atoms with E-state index >= 15 is 0 Å². The van der Waals surface area contributed by atoms with Gasteiger partial charge in [-0.15, -0.1) is 11.8 Å². The van der Waals surface area contributed by atoms with Crippen LogP contribution in [-0.4, -0.2) is 17.8 Å². The van der Waals surface area contributed by atoms with Crippen molar-refractivity contribution in [2.24, 2.45) is 5.92 Å². The Morgan fingerprint density at radius 1 is 1.28 bits per heavy atom. The molecule has 0 saturated heterocycles. The highest BCUT2D eigenvalue weighted by atomic mass is 32.2. The largest absolute Gasteiger partial charge is 0.313 e. The van der Waals surface area contributed by atoms with Gasteiger partial charge in [0.05, 0.1) is 0 Å². The summed E-state index contributed by atoms with van der Waals surface area (Å²) in [7, 11) is 0. The van der Waals surface area contributed by atoms with Crippen molar-refractivity contribution in [2.75, 3.05) is 6.54 Å². The lowest BCUT2D eigenvalue weighted by atomic mass is 9.87. The van der Waals surface area contributed by atoms with Gasteiger partial charge >= 0.3 is 0 Å². The summed E-state index contributed by atoms with van der Waals surface area (Å²) in [5.41, 5.74) is 1.41. The predicted octanol–water partition coefficient (Wildman–Crippen LogP) is 4.25. The van der Waals surface area contributed by atoms with Crippen LogP contribution in [0, 0.1) is 12.8 Å². The molecule has 0 bridgehead atoms. The third-order valence-electron chi connectivity index (χ3n) is 3.89. The first-order valence-electron chi connectivity index (χ1n) is 7.16. The smallest absolute Gasteiger partial charge is 0.0251 e. The minimum atomic E-state index is 0.691. The van der Waals surface area contributed by atoms with Crippen LogP contribution in [0.25, 0.3) is 0 Å². The zero-order valence-electron chi connectivity index (χ0n) is 11.8. The van der Waals surface area contributed by atoms with E-state index in [-0.39, 0.29) is 0 Å². The Labute approximate surface area is 116 Å². The maximum Gasteiger partial charge on any atom is 0.0251 e. The van der Waals surface area contributed by atoms with E-state index in [0.717, 1.165) is 17.7 Å². The molecule has 1 aliphatic rings. The maximum atomic E-state index is 3.67. The van der Waals surface area contributed by atoms with Gasteiger partial charge in [-0.1, -0.05) is 32.0 Å². The lowest BCUT2D eigenvalue weighted by molar-refractivity contribution is 0.320. The second-order valence-corrected chi connectivity index (χ2v) is 6.79. The Balaban J connectivity index is 2.06. The molecule has 1 N–H and O–H groups in total. The van der Waals surface area contributed by atoms with Crippen LogP contribution >= 0.6 is 11.8 Å². The predicted molar refractivity (Wildman–Crippen MR) is 81.3 cm³/mol. The van der Waals surface area contributed by atoms with Crippen molar-refractivity contribution in [3.63, 3.8) is 0 Å². The molecule has 0 aromatic heterocycles. The van der Waals surface area contributed by atoms with Gasteiger partial charge in [0.1, 0.15) is 0 Å². The zero-order chi connectivity index (χ0) is 13.0. The molecule has 2 rings (SSSR count). The number of nitrogens with one attached hydrogen (secondary N) is 1. The first kappa shape index (κ1) is 14.0. The summed E-state index contributed by atoms with van der Waals surface area (Å²) in [6.45, 7) is 7.92. The maximum absolute atomic E-state index is 3.67. The molecule has 1 aromatic rings. The zero-order valence-corrected chi connectivity index (χ0v) is 12.6. The highest BCUT2D eigenvalue weighted by molar-refractivity contribution is 8.00.